The van der Waals surface area contributed by atoms with Crippen LogP contribution >= 0.6 is 0 Å². The van der Waals surface area contributed by atoms with Gasteiger partial charge >= 0.3 is 0 Å². The van der Waals surface area contributed by atoms with E-state index in [0.717, 1.165) is 49.6 Å². The normalized spacial score (nSPS) is 15.8. The summed E-state index contributed by atoms with van der Waals surface area (Å²) in [5.74, 6) is 0.893. The minimum absolute atomic E-state index is 0.566. The van der Waals surface area contributed by atoms with E-state index in [0.29, 0.717) is 12.2 Å². The Morgan fingerprint density at radius 2 is 1.81 bits per heavy atom. The molecule has 3 rings (SSSR count). The first kappa shape index (κ1) is 18.1. The monoisotopic (exact) mass is 348 g/mol. The number of aromatic nitrogens is 1. The number of hydrogen-bond acceptors (Lipinski definition) is 5. The highest BCUT2D eigenvalue weighted by molar-refractivity contribution is 5.69. The van der Waals surface area contributed by atoms with Crippen LogP contribution in [-0.2, 0) is 0 Å². The molecule has 0 N–H and O–H groups in total. The van der Waals surface area contributed by atoms with Crippen molar-refractivity contribution < 1.29 is 4.74 Å². The first-order valence-corrected chi connectivity index (χ1v) is 8.90. The molecular weight excluding hydrogens is 324 g/mol. The van der Waals surface area contributed by atoms with Crippen LogP contribution in [0.1, 0.15) is 16.7 Å². The summed E-state index contributed by atoms with van der Waals surface area (Å²) in [6.07, 6.45) is 7.27. The van der Waals surface area contributed by atoms with E-state index in [1.807, 2.05) is 42.5 Å². The Hall–Kier alpha value is -2.68. The Kier molecular flexibility index (Phi) is 6.37. The van der Waals surface area contributed by atoms with E-state index < -0.39 is 0 Å². The van der Waals surface area contributed by atoms with Gasteiger partial charge in [0.15, 0.2) is 0 Å². The van der Waals surface area contributed by atoms with Gasteiger partial charge in [-0.2, -0.15) is 5.26 Å². The third-order valence-electron chi connectivity index (χ3n) is 4.51. The van der Waals surface area contributed by atoms with Crippen molar-refractivity contribution in [3.8, 4) is 11.8 Å². The fraction of sp³-hybridized carbons (Fsp3) is 0.333. The zero-order valence-corrected chi connectivity index (χ0v) is 15.1. The molecule has 2 aromatic rings. The van der Waals surface area contributed by atoms with Gasteiger partial charge in [-0.15, -0.1) is 0 Å². The maximum atomic E-state index is 8.91. The highest BCUT2D eigenvalue weighted by atomic mass is 16.5. The fourth-order valence-electron chi connectivity index (χ4n) is 2.84. The number of hydrogen-bond donors (Lipinski definition) is 0. The van der Waals surface area contributed by atoms with Crippen LogP contribution in [-0.4, -0.2) is 61.2 Å². The summed E-state index contributed by atoms with van der Waals surface area (Å²) in [4.78, 5) is 8.86. The van der Waals surface area contributed by atoms with Gasteiger partial charge in [0.25, 0.3) is 0 Å². The Labute approximate surface area is 155 Å². The van der Waals surface area contributed by atoms with Gasteiger partial charge in [0.1, 0.15) is 18.4 Å². The largest absolute Gasteiger partial charge is 0.492 e. The molecular formula is C21H24N4O. The molecule has 1 aromatic heterocycles. The summed E-state index contributed by atoms with van der Waals surface area (Å²) < 4.78 is 5.86. The van der Waals surface area contributed by atoms with Crippen LogP contribution in [0.4, 0.5) is 0 Å². The van der Waals surface area contributed by atoms with E-state index in [1.54, 1.807) is 12.4 Å². The molecule has 0 saturated carbocycles. The number of ether oxygens (including phenoxy) is 1. The van der Waals surface area contributed by atoms with Crippen molar-refractivity contribution in [2.75, 3.05) is 46.4 Å². The maximum absolute atomic E-state index is 8.91. The second kappa shape index (κ2) is 9.14. The Morgan fingerprint density at radius 1 is 1.08 bits per heavy atom. The third kappa shape index (κ3) is 5.41. The molecule has 0 bridgehead atoms. The third-order valence-corrected chi connectivity index (χ3v) is 4.51. The Balaban J connectivity index is 1.47. The van der Waals surface area contributed by atoms with Gasteiger partial charge in [-0.05, 0) is 36.4 Å². The topological polar surface area (TPSA) is 52.4 Å². The molecule has 1 fully saturated rings. The molecule has 0 amide bonds. The fourth-order valence-corrected chi connectivity index (χ4v) is 2.84. The van der Waals surface area contributed by atoms with E-state index in [1.165, 1.54) is 0 Å². The highest BCUT2D eigenvalue weighted by Crippen LogP contribution is 2.15. The van der Waals surface area contributed by atoms with E-state index in [-0.39, 0.29) is 0 Å². The maximum Gasteiger partial charge on any atom is 0.119 e. The Bertz CT molecular complexity index is 771. The summed E-state index contributed by atoms with van der Waals surface area (Å²) >= 11 is 0. The summed E-state index contributed by atoms with van der Waals surface area (Å²) in [5.41, 5.74) is 2.56. The van der Waals surface area contributed by atoms with Crippen LogP contribution in [0.15, 0.2) is 42.7 Å². The van der Waals surface area contributed by atoms with Crippen LogP contribution in [0.2, 0.25) is 0 Å². The van der Waals surface area contributed by atoms with Crippen LogP contribution in [0, 0.1) is 11.3 Å². The lowest BCUT2D eigenvalue weighted by atomic mass is 10.1. The van der Waals surface area contributed by atoms with Gasteiger partial charge in [0, 0.05) is 45.1 Å². The predicted octanol–water partition coefficient (Wildman–Crippen LogP) is 2.75. The molecule has 0 aliphatic carbocycles. The average Bonchev–Trinajstić information content (AvgIpc) is 2.69. The molecule has 1 aliphatic rings. The number of likely N-dealkylation sites (N-methyl/N-ethyl adjacent to an activating group) is 1. The minimum Gasteiger partial charge on any atom is -0.492 e. The van der Waals surface area contributed by atoms with Gasteiger partial charge in [-0.3, -0.25) is 9.88 Å². The molecule has 0 spiro atoms. The van der Waals surface area contributed by atoms with Crippen molar-refractivity contribution in [1.29, 1.82) is 5.26 Å². The summed E-state index contributed by atoms with van der Waals surface area (Å²) in [7, 11) is 2.17. The summed E-state index contributed by atoms with van der Waals surface area (Å²) in [6.45, 7) is 6.18. The van der Waals surface area contributed by atoms with Crippen molar-refractivity contribution >= 4 is 12.2 Å². The summed E-state index contributed by atoms with van der Waals surface area (Å²) in [5, 5.41) is 8.91. The quantitative estimate of drug-likeness (QED) is 0.803. The smallest absolute Gasteiger partial charge is 0.119 e. The molecule has 2 heterocycles. The van der Waals surface area contributed by atoms with Gasteiger partial charge in [0.2, 0.25) is 0 Å². The van der Waals surface area contributed by atoms with Gasteiger partial charge < -0.3 is 9.64 Å². The molecule has 1 aliphatic heterocycles. The summed E-state index contributed by atoms with van der Waals surface area (Å²) in [6, 6.07) is 12.0. The average molecular weight is 348 g/mol. The van der Waals surface area contributed by atoms with Crippen molar-refractivity contribution in [2.45, 2.75) is 0 Å². The molecule has 0 unspecified atom stereocenters. The lowest BCUT2D eigenvalue weighted by Gasteiger charge is -2.32. The van der Waals surface area contributed by atoms with Crippen molar-refractivity contribution in [3.05, 3.63) is 59.4 Å². The van der Waals surface area contributed by atoms with E-state index >= 15 is 0 Å². The molecule has 1 saturated heterocycles. The standard InChI is InChI=1S/C21H24N4O/c1-24-8-10-25(11-9-24)12-13-26-21-6-4-18(5-7-21)2-3-19-14-20(15-22)17-23-16-19/h2-7,14,16-17H,8-13H2,1H3. The second-order valence-electron chi connectivity index (χ2n) is 6.51. The lowest BCUT2D eigenvalue weighted by Crippen LogP contribution is -2.45. The molecule has 5 heteroatoms. The first-order chi connectivity index (χ1) is 12.7. The number of piperazine rings is 1. The lowest BCUT2D eigenvalue weighted by molar-refractivity contribution is 0.134. The number of rotatable bonds is 6. The van der Waals surface area contributed by atoms with Crippen LogP contribution in [0.25, 0.3) is 12.2 Å². The SMILES string of the molecule is CN1CCN(CCOc2ccc(C=Cc3cncc(C#N)c3)cc2)CC1. The Morgan fingerprint density at radius 3 is 2.54 bits per heavy atom. The molecule has 1 aromatic carbocycles. The highest BCUT2D eigenvalue weighted by Gasteiger charge is 2.12. The van der Waals surface area contributed by atoms with Crippen molar-refractivity contribution in [3.63, 3.8) is 0 Å². The van der Waals surface area contributed by atoms with Crippen molar-refractivity contribution in [2.24, 2.45) is 0 Å². The molecule has 134 valence electrons. The second-order valence-corrected chi connectivity index (χ2v) is 6.51. The molecule has 5 nitrogen and oxygen atoms in total. The van der Waals surface area contributed by atoms with Crippen LogP contribution in [0.5, 0.6) is 5.75 Å². The zero-order valence-electron chi connectivity index (χ0n) is 15.1. The van der Waals surface area contributed by atoms with Gasteiger partial charge in [-0.1, -0.05) is 24.3 Å². The minimum atomic E-state index is 0.566. The predicted molar refractivity (Wildman–Crippen MR) is 104 cm³/mol. The molecule has 0 atom stereocenters. The van der Waals surface area contributed by atoms with Crippen LogP contribution < -0.4 is 4.74 Å². The van der Waals surface area contributed by atoms with Gasteiger partial charge in [0.05, 0.1) is 5.56 Å². The number of pyridine rings is 1. The number of nitriles is 1. The van der Waals surface area contributed by atoms with Gasteiger partial charge in [-0.25, -0.2) is 0 Å². The number of nitrogens with zero attached hydrogens (tertiary/aromatic N) is 4. The van der Waals surface area contributed by atoms with E-state index in [9.17, 15) is 0 Å². The molecule has 26 heavy (non-hydrogen) atoms. The zero-order chi connectivity index (χ0) is 18.2. The van der Waals surface area contributed by atoms with Crippen molar-refractivity contribution in [1.82, 2.24) is 14.8 Å². The van der Waals surface area contributed by atoms with E-state index in [2.05, 4.69) is 27.9 Å². The van der Waals surface area contributed by atoms with E-state index in [4.69, 9.17) is 10.00 Å². The number of benzene rings is 1. The molecule has 0 radical (unpaired) electrons. The first-order valence-electron chi connectivity index (χ1n) is 8.90. The van der Waals surface area contributed by atoms with Crippen LogP contribution in [0.3, 0.4) is 0 Å².